The van der Waals surface area contributed by atoms with Crippen molar-refractivity contribution in [2.75, 3.05) is 0 Å². The summed E-state index contributed by atoms with van der Waals surface area (Å²) in [5.74, 6) is 0. The van der Waals surface area contributed by atoms with Gasteiger partial charge >= 0.3 is 0 Å². The number of hydrogen-bond acceptors (Lipinski definition) is 1. The van der Waals surface area contributed by atoms with Crippen molar-refractivity contribution in [2.24, 2.45) is 5.73 Å². The molecular formula is C8H14N2S. The second-order valence-electron chi connectivity index (χ2n) is 3.05. The number of hydrogen-bond donors (Lipinski definition) is 2. The minimum Gasteiger partial charge on any atom is -0.376 e. The largest absolute Gasteiger partial charge is 0.376 e. The lowest BCUT2D eigenvalue weighted by molar-refractivity contribution is 0.483. The predicted molar refractivity (Wildman–Crippen MR) is 51.3 cm³/mol. The van der Waals surface area contributed by atoms with Crippen LogP contribution in [0.5, 0.6) is 0 Å². The van der Waals surface area contributed by atoms with Crippen LogP contribution in [0.15, 0.2) is 12.2 Å². The van der Waals surface area contributed by atoms with Crippen LogP contribution in [0.25, 0.3) is 0 Å². The van der Waals surface area contributed by atoms with Gasteiger partial charge in [-0.3, -0.25) is 0 Å². The highest BCUT2D eigenvalue weighted by atomic mass is 32.1. The average Bonchev–Trinajstić information content (AvgIpc) is 1.85. The first-order chi connectivity index (χ1) is 5.18. The standard InChI is InChI=1S/C8H14N2S/c1-6-3-2-4-7(5-6)10-8(9)11/h7H,1-5H2,(H3,9,10,11). The highest BCUT2D eigenvalue weighted by molar-refractivity contribution is 7.80. The molecule has 0 aromatic heterocycles. The zero-order chi connectivity index (χ0) is 8.27. The molecule has 0 aromatic rings. The molecule has 11 heavy (non-hydrogen) atoms. The Balaban J connectivity index is 2.34. The van der Waals surface area contributed by atoms with E-state index in [0.717, 1.165) is 19.3 Å². The topological polar surface area (TPSA) is 38.0 Å². The van der Waals surface area contributed by atoms with Crippen LogP contribution in [0, 0.1) is 0 Å². The quantitative estimate of drug-likeness (QED) is 0.460. The molecule has 1 fully saturated rings. The average molecular weight is 170 g/mol. The molecule has 0 spiro atoms. The van der Waals surface area contributed by atoms with E-state index in [1.807, 2.05) is 0 Å². The van der Waals surface area contributed by atoms with Crippen LogP contribution in [0.3, 0.4) is 0 Å². The third-order valence-corrected chi connectivity index (χ3v) is 2.08. The van der Waals surface area contributed by atoms with E-state index in [-0.39, 0.29) is 0 Å². The number of rotatable bonds is 1. The zero-order valence-electron chi connectivity index (χ0n) is 6.60. The molecule has 0 radical (unpaired) electrons. The molecule has 3 heteroatoms. The van der Waals surface area contributed by atoms with Gasteiger partial charge in [0.05, 0.1) is 0 Å². The summed E-state index contributed by atoms with van der Waals surface area (Å²) in [4.78, 5) is 0. The normalized spacial score (nSPS) is 24.7. The molecule has 1 atom stereocenters. The van der Waals surface area contributed by atoms with E-state index in [9.17, 15) is 0 Å². The molecule has 1 aliphatic carbocycles. The molecule has 1 saturated carbocycles. The van der Waals surface area contributed by atoms with Gasteiger partial charge in [-0.1, -0.05) is 12.2 Å². The minimum absolute atomic E-state index is 0.407. The van der Waals surface area contributed by atoms with E-state index in [4.69, 9.17) is 18.0 Å². The van der Waals surface area contributed by atoms with Crippen molar-refractivity contribution in [3.05, 3.63) is 12.2 Å². The summed E-state index contributed by atoms with van der Waals surface area (Å²) in [6.07, 6.45) is 4.56. The number of thiocarbonyl (C=S) groups is 1. The van der Waals surface area contributed by atoms with Crippen LogP contribution >= 0.6 is 12.2 Å². The van der Waals surface area contributed by atoms with Gasteiger partial charge in [-0.25, -0.2) is 0 Å². The summed E-state index contributed by atoms with van der Waals surface area (Å²) in [6.45, 7) is 3.95. The van der Waals surface area contributed by atoms with Crippen molar-refractivity contribution in [1.29, 1.82) is 0 Å². The van der Waals surface area contributed by atoms with Crippen molar-refractivity contribution in [3.8, 4) is 0 Å². The Hall–Kier alpha value is -0.570. The molecule has 0 heterocycles. The van der Waals surface area contributed by atoms with Crippen LogP contribution in [0.1, 0.15) is 25.7 Å². The van der Waals surface area contributed by atoms with Crippen molar-refractivity contribution in [1.82, 2.24) is 5.32 Å². The smallest absolute Gasteiger partial charge is 0.163 e. The van der Waals surface area contributed by atoms with Crippen LogP contribution in [0.4, 0.5) is 0 Å². The van der Waals surface area contributed by atoms with Gasteiger partial charge in [0.1, 0.15) is 0 Å². The molecule has 0 amide bonds. The molecule has 1 aliphatic rings. The summed E-state index contributed by atoms with van der Waals surface area (Å²) >= 11 is 4.75. The first kappa shape index (κ1) is 8.53. The summed E-state index contributed by atoms with van der Waals surface area (Å²) in [5, 5.41) is 3.47. The lowest BCUT2D eigenvalue weighted by Crippen LogP contribution is -2.39. The van der Waals surface area contributed by atoms with Gasteiger partial charge in [0.2, 0.25) is 0 Å². The van der Waals surface area contributed by atoms with Crippen molar-refractivity contribution in [2.45, 2.75) is 31.7 Å². The fraction of sp³-hybridized carbons (Fsp3) is 0.625. The maximum Gasteiger partial charge on any atom is 0.163 e. The fourth-order valence-electron chi connectivity index (χ4n) is 1.48. The Bertz CT molecular complexity index is 175. The maximum atomic E-state index is 5.36. The van der Waals surface area contributed by atoms with Gasteiger partial charge in [-0.05, 0) is 37.9 Å². The van der Waals surface area contributed by atoms with E-state index in [2.05, 4.69) is 11.9 Å². The number of nitrogens with one attached hydrogen (secondary N) is 1. The lowest BCUT2D eigenvalue weighted by atomic mass is 9.92. The molecule has 1 rings (SSSR count). The predicted octanol–water partition coefficient (Wildman–Crippen LogP) is 1.32. The molecule has 0 saturated heterocycles. The monoisotopic (exact) mass is 170 g/mol. The Morgan fingerprint density at radius 1 is 1.73 bits per heavy atom. The van der Waals surface area contributed by atoms with Gasteiger partial charge in [-0.15, -0.1) is 0 Å². The van der Waals surface area contributed by atoms with Gasteiger partial charge in [-0.2, -0.15) is 0 Å². The Morgan fingerprint density at radius 2 is 2.45 bits per heavy atom. The SMILES string of the molecule is C=C1CCCC(NC(N)=S)C1. The summed E-state index contributed by atoms with van der Waals surface area (Å²) in [5.41, 5.74) is 6.67. The summed E-state index contributed by atoms with van der Waals surface area (Å²) in [6, 6.07) is 0.439. The van der Waals surface area contributed by atoms with E-state index in [1.54, 1.807) is 0 Å². The van der Waals surface area contributed by atoms with E-state index >= 15 is 0 Å². The third-order valence-electron chi connectivity index (χ3n) is 1.96. The first-order valence-corrected chi connectivity index (χ1v) is 4.32. The van der Waals surface area contributed by atoms with Gasteiger partial charge in [0, 0.05) is 6.04 Å². The fourth-order valence-corrected chi connectivity index (χ4v) is 1.64. The molecule has 3 N–H and O–H groups in total. The van der Waals surface area contributed by atoms with Crippen LogP contribution in [-0.2, 0) is 0 Å². The molecule has 1 unspecified atom stereocenters. The van der Waals surface area contributed by atoms with Gasteiger partial charge in [0.25, 0.3) is 0 Å². The Kier molecular flexibility index (Phi) is 2.88. The molecule has 0 aromatic carbocycles. The van der Waals surface area contributed by atoms with Gasteiger partial charge in [0.15, 0.2) is 5.11 Å². The van der Waals surface area contributed by atoms with Crippen LogP contribution in [-0.4, -0.2) is 11.2 Å². The van der Waals surface area contributed by atoms with E-state index in [1.165, 1.54) is 12.0 Å². The zero-order valence-corrected chi connectivity index (χ0v) is 7.41. The van der Waals surface area contributed by atoms with Gasteiger partial charge < -0.3 is 11.1 Å². The molecule has 62 valence electrons. The molecule has 0 aliphatic heterocycles. The Labute approximate surface area is 72.8 Å². The molecule has 0 bridgehead atoms. The highest BCUT2D eigenvalue weighted by Crippen LogP contribution is 2.21. The van der Waals surface area contributed by atoms with E-state index < -0.39 is 0 Å². The van der Waals surface area contributed by atoms with Crippen LogP contribution in [0.2, 0.25) is 0 Å². The third kappa shape index (κ3) is 2.89. The second-order valence-corrected chi connectivity index (χ2v) is 3.49. The van der Waals surface area contributed by atoms with Crippen LogP contribution < -0.4 is 11.1 Å². The highest BCUT2D eigenvalue weighted by Gasteiger charge is 2.14. The van der Waals surface area contributed by atoms with Crippen molar-refractivity contribution < 1.29 is 0 Å². The molecule has 2 nitrogen and oxygen atoms in total. The van der Waals surface area contributed by atoms with Crippen molar-refractivity contribution in [3.63, 3.8) is 0 Å². The summed E-state index contributed by atoms with van der Waals surface area (Å²) < 4.78 is 0. The second kappa shape index (κ2) is 3.72. The Morgan fingerprint density at radius 3 is 3.00 bits per heavy atom. The lowest BCUT2D eigenvalue weighted by Gasteiger charge is -2.24. The maximum absolute atomic E-state index is 5.36. The van der Waals surface area contributed by atoms with Crippen molar-refractivity contribution >= 4 is 17.3 Å². The first-order valence-electron chi connectivity index (χ1n) is 3.91. The van der Waals surface area contributed by atoms with E-state index in [0.29, 0.717) is 11.2 Å². The minimum atomic E-state index is 0.407. The molecular weight excluding hydrogens is 156 g/mol. The number of nitrogens with two attached hydrogens (primary N) is 1. The summed E-state index contributed by atoms with van der Waals surface area (Å²) in [7, 11) is 0.